The lowest BCUT2D eigenvalue weighted by molar-refractivity contribution is 0.0217. The Hall–Kier alpha value is -1.80. The lowest BCUT2D eigenvalue weighted by atomic mass is 9.77. The molecule has 0 aliphatic carbocycles. The van der Waals surface area contributed by atoms with E-state index in [9.17, 15) is 10.2 Å². The number of hydrogen-bond donors (Lipinski definition) is 4. The first-order valence-electron chi connectivity index (χ1n) is 10.8. The van der Waals surface area contributed by atoms with E-state index in [4.69, 9.17) is 19.7 Å². The second-order valence-electron chi connectivity index (χ2n) is 8.33. The molecule has 0 heterocycles. The van der Waals surface area contributed by atoms with Gasteiger partial charge in [0.1, 0.15) is 0 Å². The first-order valence-corrected chi connectivity index (χ1v) is 10.8. The smallest absolute Gasteiger partial charge is 0.0813 e. The summed E-state index contributed by atoms with van der Waals surface area (Å²) in [6.45, 7) is 5.15. The van der Waals surface area contributed by atoms with Crippen LogP contribution in [0.1, 0.15) is 36.1 Å². The maximum absolute atomic E-state index is 10.0. The Labute approximate surface area is 185 Å². The number of hydrogen-bond acceptors (Lipinski definition) is 6. The first-order chi connectivity index (χ1) is 14.9. The largest absolute Gasteiger partial charge is 0.394 e. The minimum atomic E-state index is -0.595. The molecule has 4 N–H and O–H groups in total. The summed E-state index contributed by atoms with van der Waals surface area (Å²) in [5.41, 5.74) is 4.22. The van der Waals surface area contributed by atoms with Gasteiger partial charge in [0.15, 0.2) is 0 Å². The van der Waals surface area contributed by atoms with Crippen molar-refractivity contribution in [1.29, 1.82) is 0 Å². The summed E-state index contributed by atoms with van der Waals surface area (Å²) in [5.74, 6) is 0. The summed E-state index contributed by atoms with van der Waals surface area (Å²) >= 11 is 0. The summed E-state index contributed by atoms with van der Waals surface area (Å²) in [6, 6.07) is 16.5. The van der Waals surface area contributed by atoms with Crippen molar-refractivity contribution in [2.45, 2.75) is 44.3 Å². The van der Waals surface area contributed by atoms with Crippen molar-refractivity contribution in [2.75, 3.05) is 39.6 Å². The third-order valence-electron chi connectivity index (χ3n) is 5.39. The average molecular weight is 433 g/mol. The molecule has 2 unspecified atom stereocenters. The fourth-order valence-electron chi connectivity index (χ4n) is 3.51. The van der Waals surface area contributed by atoms with Crippen molar-refractivity contribution in [3.63, 3.8) is 0 Å². The highest BCUT2D eigenvalue weighted by molar-refractivity contribution is 5.40. The van der Waals surface area contributed by atoms with Crippen molar-refractivity contribution < 1.29 is 29.9 Å². The third kappa shape index (κ3) is 8.33. The van der Waals surface area contributed by atoms with E-state index in [1.54, 1.807) is 0 Å². The Morgan fingerprint density at radius 1 is 0.677 bits per heavy atom. The molecule has 0 spiro atoms. The normalized spacial score (nSPS) is 13.9. The molecule has 0 radical (unpaired) electrons. The Morgan fingerprint density at radius 2 is 1.03 bits per heavy atom. The predicted molar refractivity (Wildman–Crippen MR) is 120 cm³/mol. The van der Waals surface area contributed by atoms with Gasteiger partial charge < -0.3 is 29.9 Å². The molecule has 2 rings (SSSR count). The molecule has 2 aromatic carbocycles. The Bertz CT molecular complexity index is 678. The van der Waals surface area contributed by atoms with Gasteiger partial charge in [-0.25, -0.2) is 0 Å². The summed E-state index contributed by atoms with van der Waals surface area (Å²) in [5, 5.41) is 37.5. The van der Waals surface area contributed by atoms with E-state index >= 15 is 0 Å². The van der Waals surface area contributed by atoms with E-state index < -0.39 is 12.2 Å². The second kappa shape index (κ2) is 12.9. The molecule has 0 amide bonds. The summed E-state index contributed by atoms with van der Waals surface area (Å²) in [4.78, 5) is 0. The van der Waals surface area contributed by atoms with Crippen LogP contribution in [0.4, 0.5) is 0 Å². The van der Waals surface area contributed by atoms with Crippen LogP contribution in [0, 0.1) is 0 Å². The zero-order chi connectivity index (χ0) is 22.7. The zero-order valence-electron chi connectivity index (χ0n) is 18.5. The fraction of sp³-hybridized carbons (Fsp3) is 0.520. The predicted octanol–water partition coefficient (Wildman–Crippen LogP) is 1.84. The molecule has 31 heavy (non-hydrogen) atoms. The Kier molecular flexibility index (Phi) is 10.6. The van der Waals surface area contributed by atoms with E-state index in [-0.39, 0.29) is 45.1 Å². The van der Waals surface area contributed by atoms with Crippen molar-refractivity contribution in [1.82, 2.24) is 0 Å². The van der Waals surface area contributed by atoms with Crippen LogP contribution >= 0.6 is 0 Å². The summed E-state index contributed by atoms with van der Waals surface area (Å²) in [6.07, 6.45) is -0.180. The van der Waals surface area contributed by atoms with E-state index in [1.165, 1.54) is 11.1 Å². The number of benzene rings is 2. The van der Waals surface area contributed by atoms with Crippen LogP contribution < -0.4 is 0 Å². The fourth-order valence-corrected chi connectivity index (χ4v) is 3.51. The van der Waals surface area contributed by atoms with Crippen LogP contribution in [-0.2, 0) is 27.7 Å². The Morgan fingerprint density at radius 3 is 1.35 bits per heavy atom. The van der Waals surface area contributed by atoms with Gasteiger partial charge in [0.25, 0.3) is 0 Å². The minimum Gasteiger partial charge on any atom is -0.394 e. The molecular formula is C25H36O6. The van der Waals surface area contributed by atoms with Crippen LogP contribution in [0.5, 0.6) is 0 Å². The van der Waals surface area contributed by atoms with Crippen molar-refractivity contribution in [3.05, 3.63) is 70.8 Å². The molecule has 172 valence electrons. The molecule has 0 fully saturated rings. The summed E-state index contributed by atoms with van der Waals surface area (Å²) < 4.78 is 10.4. The summed E-state index contributed by atoms with van der Waals surface area (Å²) in [7, 11) is 0. The topological polar surface area (TPSA) is 99.4 Å². The molecule has 0 saturated heterocycles. The molecule has 0 bridgehead atoms. The Balaban J connectivity index is 1.96. The van der Waals surface area contributed by atoms with Crippen molar-refractivity contribution in [2.24, 2.45) is 0 Å². The van der Waals surface area contributed by atoms with E-state index in [2.05, 4.69) is 38.1 Å². The molecule has 0 aromatic heterocycles. The van der Waals surface area contributed by atoms with Gasteiger partial charge in [-0.2, -0.15) is 0 Å². The minimum absolute atomic E-state index is 0.0445. The van der Waals surface area contributed by atoms with Crippen LogP contribution in [0.15, 0.2) is 48.5 Å². The average Bonchev–Trinajstić information content (AvgIpc) is 2.75. The maximum atomic E-state index is 10.0. The van der Waals surface area contributed by atoms with Crippen LogP contribution in [-0.4, -0.2) is 72.3 Å². The molecule has 6 heteroatoms. The number of aliphatic hydroxyl groups is 4. The number of rotatable bonds is 14. The van der Waals surface area contributed by atoms with E-state index in [0.717, 1.165) is 11.1 Å². The van der Waals surface area contributed by atoms with Gasteiger partial charge in [0, 0.05) is 18.3 Å². The van der Waals surface area contributed by atoms with Crippen LogP contribution in [0.3, 0.4) is 0 Å². The molecule has 2 atom stereocenters. The van der Waals surface area contributed by atoms with Gasteiger partial charge in [-0.3, -0.25) is 0 Å². The first kappa shape index (κ1) is 25.5. The maximum Gasteiger partial charge on any atom is 0.0813 e. The highest BCUT2D eigenvalue weighted by atomic mass is 16.5. The SMILES string of the molecule is CC(C)(c1ccc(CC(O)COCCO)cc1)c1ccc(CC(O)COCCO)cc1. The molecule has 2 aromatic rings. The highest BCUT2D eigenvalue weighted by Gasteiger charge is 2.23. The quantitative estimate of drug-likeness (QED) is 0.340. The second-order valence-corrected chi connectivity index (χ2v) is 8.33. The molecule has 0 saturated carbocycles. The lowest BCUT2D eigenvalue weighted by Gasteiger charge is -2.27. The van der Waals surface area contributed by atoms with Gasteiger partial charge in [0.05, 0.1) is 51.8 Å². The zero-order valence-corrected chi connectivity index (χ0v) is 18.5. The van der Waals surface area contributed by atoms with Gasteiger partial charge >= 0.3 is 0 Å². The van der Waals surface area contributed by atoms with Gasteiger partial charge in [-0.1, -0.05) is 62.4 Å². The van der Waals surface area contributed by atoms with E-state index in [0.29, 0.717) is 12.8 Å². The highest BCUT2D eigenvalue weighted by Crippen LogP contribution is 2.32. The van der Waals surface area contributed by atoms with Gasteiger partial charge in [-0.05, 0) is 22.3 Å². The van der Waals surface area contributed by atoms with Crippen molar-refractivity contribution >= 4 is 0 Å². The van der Waals surface area contributed by atoms with Crippen LogP contribution in [0.25, 0.3) is 0 Å². The van der Waals surface area contributed by atoms with Gasteiger partial charge in [-0.15, -0.1) is 0 Å². The lowest BCUT2D eigenvalue weighted by Crippen LogP contribution is -2.21. The van der Waals surface area contributed by atoms with Gasteiger partial charge in [0.2, 0.25) is 0 Å². The number of aliphatic hydroxyl groups excluding tert-OH is 4. The molecule has 6 nitrogen and oxygen atoms in total. The molecular weight excluding hydrogens is 396 g/mol. The molecule has 0 aliphatic rings. The molecule has 0 aliphatic heterocycles. The third-order valence-corrected chi connectivity index (χ3v) is 5.39. The number of ether oxygens (including phenoxy) is 2. The standard InChI is InChI=1S/C25H36O6/c1-25(2,21-7-3-19(4-8-21)15-23(28)17-30-13-11-26)22-9-5-20(6-10-22)16-24(29)18-31-14-12-27/h3-10,23-24,26-29H,11-18H2,1-2H3. The van der Waals surface area contributed by atoms with Crippen molar-refractivity contribution in [3.8, 4) is 0 Å². The van der Waals surface area contributed by atoms with Crippen LogP contribution in [0.2, 0.25) is 0 Å². The van der Waals surface area contributed by atoms with E-state index in [1.807, 2.05) is 24.3 Å². The monoisotopic (exact) mass is 432 g/mol.